The molecular formula is C8H19N3. The van der Waals surface area contributed by atoms with Gasteiger partial charge in [-0.3, -0.25) is 10.3 Å². The second-order valence-corrected chi connectivity index (χ2v) is 2.67. The Morgan fingerprint density at radius 3 is 2.55 bits per heavy atom. The van der Waals surface area contributed by atoms with E-state index < -0.39 is 0 Å². The molecule has 0 aromatic heterocycles. The van der Waals surface area contributed by atoms with Crippen molar-refractivity contribution in [1.29, 1.82) is 0 Å². The molecule has 0 atom stereocenters. The molecule has 0 aliphatic heterocycles. The number of hydrogen-bond acceptors (Lipinski definition) is 3. The molecule has 0 spiro atoms. The van der Waals surface area contributed by atoms with E-state index in [-0.39, 0.29) is 0 Å². The van der Waals surface area contributed by atoms with Crippen LogP contribution in [0.1, 0.15) is 27.7 Å². The number of nitrogens with one attached hydrogen (secondary N) is 1. The van der Waals surface area contributed by atoms with E-state index in [1.807, 2.05) is 18.1 Å². The lowest BCUT2D eigenvalue weighted by Gasteiger charge is -2.22. The minimum Gasteiger partial charge on any atom is -0.299 e. The summed E-state index contributed by atoms with van der Waals surface area (Å²) in [5.41, 5.74) is 0. The molecule has 0 unspecified atom stereocenters. The standard InChI is InChI=1S/C8H19N3/c1-5-9-7-11(8(3)4)10-6-2/h6,8-9H,5,7H2,1-4H3/b10-6-. The molecule has 0 aliphatic carbocycles. The van der Waals surface area contributed by atoms with E-state index in [4.69, 9.17) is 0 Å². The second-order valence-electron chi connectivity index (χ2n) is 2.67. The van der Waals surface area contributed by atoms with E-state index in [9.17, 15) is 0 Å². The Morgan fingerprint density at radius 1 is 1.55 bits per heavy atom. The van der Waals surface area contributed by atoms with Crippen molar-refractivity contribution in [2.45, 2.75) is 33.7 Å². The molecule has 66 valence electrons. The highest BCUT2D eigenvalue weighted by molar-refractivity contribution is 5.52. The van der Waals surface area contributed by atoms with Gasteiger partial charge in [0.15, 0.2) is 0 Å². The van der Waals surface area contributed by atoms with Gasteiger partial charge in [0.05, 0.1) is 6.67 Å². The highest BCUT2D eigenvalue weighted by atomic mass is 15.5. The minimum absolute atomic E-state index is 0.463. The second kappa shape index (κ2) is 6.16. The van der Waals surface area contributed by atoms with E-state index in [2.05, 4.69) is 31.2 Å². The van der Waals surface area contributed by atoms with Crippen molar-refractivity contribution >= 4 is 6.21 Å². The molecule has 3 nitrogen and oxygen atoms in total. The van der Waals surface area contributed by atoms with Crippen molar-refractivity contribution in [2.75, 3.05) is 13.2 Å². The van der Waals surface area contributed by atoms with Crippen molar-refractivity contribution in [1.82, 2.24) is 10.3 Å². The fourth-order valence-corrected chi connectivity index (χ4v) is 0.731. The molecule has 3 heteroatoms. The van der Waals surface area contributed by atoms with Crippen LogP contribution in [0.2, 0.25) is 0 Å². The summed E-state index contributed by atoms with van der Waals surface area (Å²) in [6.45, 7) is 10.1. The first-order valence-electron chi connectivity index (χ1n) is 4.18. The highest BCUT2D eigenvalue weighted by Crippen LogP contribution is 1.95. The van der Waals surface area contributed by atoms with Gasteiger partial charge in [0.2, 0.25) is 0 Å². The zero-order valence-corrected chi connectivity index (χ0v) is 7.96. The van der Waals surface area contributed by atoms with E-state index >= 15 is 0 Å². The topological polar surface area (TPSA) is 27.6 Å². The number of rotatable bonds is 5. The Hall–Kier alpha value is -0.570. The summed E-state index contributed by atoms with van der Waals surface area (Å²) in [7, 11) is 0. The maximum absolute atomic E-state index is 4.21. The first kappa shape index (κ1) is 10.4. The number of hydrogen-bond donors (Lipinski definition) is 1. The van der Waals surface area contributed by atoms with Crippen LogP contribution < -0.4 is 5.32 Å². The lowest BCUT2D eigenvalue weighted by Crippen LogP contribution is -2.35. The van der Waals surface area contributed by atoms with Gasteiger partial charge in [0.1, 0.15) is 0 Å². The third-order valence-corrected chi connectivity index (χ3v) is 1.38. The Balaban J connectivity index is 3.70. The van der Waals surface area contributed by atoms with E-state index in [0.29, 0.717) is 6.04 Å². The van der Waals surface area contributed by atoms with Gasteiger partial charge in [0, 0.05) is 12.3 Å². The van der Waals surface area contributed by atoms with Crippen molar-refractivity contribution in [2.24, 2.45) is 5.10 Å². The molecule has 0 heterocycles. The molecule has 0 aliphatic rings. The third kappa shape index (κ3) is 4.79. The predicted molar refractivity (Wildman–Crippen MR) is 49.7 cm³/mol. The van der Waals surface area contributed by atoms with Crippen LogP contribution in [-0.4, -0.2) is 30.5 Å². The van der Waals surface area contributed by atoms with E-state index in [1.54, 1.807) is 0 Å². The summed E-state index contributed by atoms with van der Waals surface area (Å²) in [6, 6.07) is 0.463. The summed E-state index contributed by atoms with van der Waals surface area (Å²) < 4.78 is 0. The van der Waals surface area contributed by atoms with Gasteiger partial charge in [-0.05, 0) is 27.3 Å². The molecule has 11 heavy (non-hydrogen) atoms. The normalized spacial score (nSPS) is 11.4. The summed E-state index contributed by atoms with van der Waals surface area (Å²) in [5, 5.41) is 9.45. The highest BCUT2D eigenvalue weighted by Gasteiger charge is 2.02. The fraction of sp³-hybridized carbons (Fsp3) is 0.875. The maximum atomic E-state index is 4.21. The van der Waals surface area contributed by atoms with Crippen molar-refractivity contribution in [3.63, 3.8) is 0 Å². The smallest absolute Gasteiger partial charge is 0.0857 e. The van der Waals surface area contributed by atoms with Crippen molar-refractivity contribution in [3.05, 3.63) is 0 Å². The van der Waals surface area contributed by atoms with Gasteiger partial charge in [-0.2, -0.15) is 5.10 Å². The van der Waals surface area contributed by atoms with Crippen LogP contribution in [0.15, 0.2) is 5.10 Å². The molecule has 0 aromatic carbocycles. The molecule has 0 amide bonds. The maximum Gasteiger partial charge on any atom is 0.0857 e. The van der Waals surface area contributed by atoms with Gasteiger partial charge >= 0.3 is 0 Å². The van der Waals surface area contributed by atoms with Crippen LogP contribution in [0.4, 0.5) is 0 Å². The van der Waals surface area contributed by atoms with Crippen molar-refractivity contribution < 1.29 is 0 Å². The number of nitrogens with zero attached hydrogens (tertiary/aromatic N) is 2. The monoisotopic (exact) mass is 157 g/mol. The zero-order chi connectivity index (χ0) is 8.69. The van der Waals surface area contributed by atoms with Gasteiger partial charge < -0.3 is 0 Å². The van der Waals surface area contributed by atoms with Crippen LogP contribution in [0.25, 0.3) is 0 Å². The molecular weight excluding hydrogens is 138 g/mol. The zero-order valence-electron chi connectivity index (χ0n) is 7.96. The average molecular weight is 157 g/mol. The average Bonchev–Trinajstić information content (AvgIpc) is 1.97. The third-order valence-electron chi connectivity index (χ3n) is 1.38. The lowest BCUT2D eigenvalue weighted by atomic mass is 10.4. The van der Waals surface area contributed by atoms with Gasteiger partial charge in [-0.25, -0.2) is 0 Å². The minimum atomic E-state index is 0.463. The van der Waals surface area contributed by atoms with Gasteiger partial charge in [-0.1, -0.05) is 6.92 Å². The molecule has 0 saturated heterocycles. The van der Waals surface area contributed by atoms with Crippen LogP contribution in [-0.2, 0) is 0 Å². The largest absolute Gasteiger partial charge is 0.299 e. The Kier molecular flexibility index (Phi) is 5.84. The quantitative estimate of drug-likeness (QED) is 0.370. The molecule has 0 radical (unpaired) electrons. The Morgan fingerprint density at radius 2 is 2.18 bits per heavy atom. The van der Waals surface area contributed by atoms with Gasteiger partial charge in [0.25, 0.3) is 0 Å². The summed E-state index contributed by atoms with van der Waals surface area (Å²) in [6.07, 6.45) is 1.82. The molecule has 0 fully saturated rings. The van der Waals surface area contributed by atoms with Crippen LogP contribution >= 0.6 is 0 Å². The molecule has 0 aromatic rings. The first-order valence-corrected chi connectivity index (χ1v) is 4.18. The summed E-state index contributed by atoms with van der Waals surface area (Å²) >= 11 is 0. The summed E-state index contributed by atoms with van der Waals surface area (Å²) in [5.74, 6) is 0. The van der Waals surface area contributed by atoms with E-state index in [1.165, 1.54) is 0 Å². The molecule has 0 bridgehead atoms. The fourth-order valence-electron chi connectivity index (χ4n) is 0.731. The predicted octanol–water partition coefficient (Wildman–Crippen LogP) is 1.27. The van der Waals surface area contributed by atoms with Crippen molar-refractivity contribution in [3.8, 4) is 0 Å². The molecule has 1 N–H and O–H groups in total. The first-order chi connectivity index (χ1) is 5.22. The van der Waals surface area contributed by atoms with Crippen LogP contribution in [0.3, 0.4) is 0 Å². The molecule has 0 rings (SSSR count). The van der Waals surface area contributed by atoms with Crippen LogP contribution in [0, 0.1) is 0 Å². The molecule has 0 saturated carbocycles. The summed E-state index contributed by atoms with van der Waals surface area (Å²) in [4.78, 5) is 0. The Labute approximate surface area is 69.5 Å². The Bertz CT molecular complexity index is 110. The van der Waals surface area contributed by atoms with E-state index in [0.717, 1.165) is 13.2 Å². The SMILES string of the molecule is C/C=N\N(CNCC)C(C)C. The van der Waals surface area contributed by atoms with Crippen LogP contribution in [0.5, 0.6) is 0 Å². The number of hydrazone groups is 1. The lowest BCUT2D eigenvalue weighted by molar-refractivity contribution is 0.217. The van der Waals surface area contributed by atoms with Gasteiger partial charge in [-0.15, -0.1) is 0 Å².